The number of benzene rings is 1. The molecule has 0 unspecified atom stereocenters. The topological polar surface area (TPSA) is 91.0 Å². The van der Waals surface area contributed by atoms with E-state index in [1.54, 1.807) is 4.68 Å². The Hall–Kier alpha value is -3.63. The van der Waals surface area contributed by atoms with Gasteiger partial charge in [-0.15, -0.1) is 13.2 Å². The average molecular weight is 461 g/mol. The molecule has 0 fully saturated rings. The van der Waals surface area contributed by atoms with Gasteiger partial charge in [-0.25, -0.2) is 9.67 Å². The molecule has 4 rings (SSSR count). The van der Waals surface area contributed by atoms with E-state index >= 15 is 0 Å². The number of carbonyl (C=O) groups is 1. The molecule has 2 heterocycles. The number of nitrogens with one attached hydrogen (secondary N) is 1. The van der Waals surface area contributed by atoms with Crippen molar-refractivity contribution in [2.45, 2.75) is 52.4 Å². The number of nitrogens with zero attached hydrogens (tertiary/aromatic N) is 4. The summed E-state index contributed by atoms with van der Waals surface area (Å²) in [5.41, 5.74) is 2.83. The highest BCUT2D eigenvalue weighted by Gasteiger charge is 2.31. The fourth-order valence-corrected chi connectivity index (χ4v) is 3.90. The number of amides is 1. The monoisotopic (exact) mass is 461 g/mol. The van der Waals surface area contributed by atoms with Crippen molar-refractivity contribution >= 4 is 11.6 Å². The Morgan fingerprint density at radius 3 is 2.48 bits per heavy atom. The SMILES string of the molecule is Cc1cc(C)n(-c2nc3c(c(=O)n2CC(=O)Nc2ccc(OC(F)(F)F)cc2)CCCC3)n1. The Balaban J connectivity index is 1.62. The van der Waals surface area contributed by atoms with E-state index in [2.05, 4.69) is 20.1 Å². The van der Waals surface area contributed by atoms with Gasteiger partial charge in [0.25, 0.3) is 5.56 Å². The number of aryl methyl sites for hydroxylation is 3. The molecule has 174 valence electrons. The zero-order valence-corrected chi connectivity index (χ0v) is 18.1. The van der Waals surface area contributed by atoms with Gasteiger partial charge in [0, 0.05) is 16.9 Å². The molecule has 0 radical (unpaired) electrons. The molecule has 8 nitrogen and oxygen atoms in total. The summed E-state index contributed by atoms with van der Waals surface area (Å²) < 4.78 is 43.6. The molecule has 0 saturated carbocycles. The maximum atomic E-state index is 13.3. The van der Waals surface area contributed by atoms with Crippen LogP contribution < -0.4 is 15.6 Å². The highest BCUT2D eigenvalue weighted by molar-refractivity contribution is 5.90. The van der Waals surface area contributed by atoms with Crippen molar-refractivity contribution in [3.63, 3.8) is 0 Å². The summed E-state index contributed by atoms with van der Waals surface area (Å²) in [4.78, 5) is 30.7. The lowest BCUT2D eigenvalue weighted by Gasteiger charge is -2.20. The smallest absolute Gasteiger partial charge is 0.406 e. The number of anilines is 1. The molecule has 1 aromatic carbocycles. The Kier molecular flexibility index (Phi) is 5.96. The molecule has 2 aromatic heterocycles. The van der Waals surface area contributed by atoms with E-state index < -0.39 is 18.0 Å². The number of hydrogen-bond acceptors (Lipinski definition) is 5. The van der Waals surface area contributed by atoms with Crippen LogP contribution in [0.3, 0.4) is 0 Å². The van der Waals surface area contributed by atoms with E-state index in [1.807, 2.05) is 19.9 Å². The van der Waals surface area contributed by atoms with Gasteiger partial charge in [0.15, 0.2) is 0 Å². The quantitative estimate of drug-likeness (QED) is 0.629. The predicted molar refractivity (Wildman–Crippen MR) is 113 cm³/mol. The third kappa shape index (κ3) is 5.07. The number of fused-ring (bicyclic) bond motifs is 1. The maximum Gasteiger partial charge on any atom is 0.573 e. The van der Waals surface area contributed by atoms with Gasteiger partial charge in [0.2, 0.25) is 11.9 Å². The van der Waals surface area contributed by atoms with E-state index in [0.29, 0.717) is 18.4 Å². The summed E-state index contributed by atoms with van der Waals surface area (Å²) in [5, 5.41) is 7.01. The Bertz CT molecular complexity index is 1250. The molecule has 1 N–H and O–H groups in total. The summed E-state index contributed by atoms with van der Waals surface area (Å²) in [5.74, 6) is -0.667. The van der Waals surface area contributed by atoms with Crippen LogP contribution in [0.2, 0.25) is 0 Å². The van der Waals surface area contributed by atoms with Crippen LogP contribution in [0.15, 0.2) is 35.1 Å². The van der Waals surface area contributed by atoms with Gasteiger partial charge in [0.1, 0.15) is 12.3 Å². The number of aromatic nitrogens is 4. The van der Waals surface area contributed by atoms with E-state index in [9.17, 15) is 22.8 Å². The first-order valence-electron chi connectivity index (χ1n) is 10.4. The van der Waals surface area contributed by atoms with Gasteiger partial charge in [0.05, 0.1) is 11.4 Å². The van der Waals surface area contributed by atoms with Crippen molar-refractivity contribution in [2.24, 2.45) is 0 Å². The van der Waals surface area contributed by atoms with E-state index in [-0.39, 0.29) is 23.7 Å². The lowest BCUT2D eigenvalue weighted by atomic mass is 9.97. The minimum absolute atomic E-state index is 0.260. The zero-order valence-electron chi connectivity index (χ0n) is 18.1. The summed E-state index contributed by atoms with van der Waals surface area (Å²) in [6.45, 7) is 3.33. The van der Waals surface area contributed by atoms with Crippen molar-refractivity contribution in [3.8, 4) is 11.7 Å². The first kappa shape index (κ1) is 22.6. The fraction of sp³-hybridized carbons (Fsp3) is 0.364. The molecular weight excluding hydrogens is 439 g/mol. The summed E-state index contributed by atoms with van der Waals surface area (Å²) >= 11 is 0. The second-order valence-electron chi connectivity index (χ2n) is 7.89. The predicted octanol–water partition coefficient (Wildman–Crippen LogP) is 3.46. The molecule has 1 aliphatic rings. The average Bonchev–Trinajstić information content (AvgIpc) is 3.08. The largest absolute Gasteiger partial charge is 0.573 e. The second kappa shape index (κ2) is 8.72. The van der Waals surface area contributed by atoms with Crippen LogP contribution in [-0.2, 0) is 24.2 Å². The third-order valence-electron chi connectivity index (χ3n) is 5.29. The number of rotatable bonds is 5. The molecule has 11 heteroatoms. The number of alkyl halides is 3. The van der Waals surface area contributed by atoms with Crippen LogP contribution in [0, 0.1) is 13.8 Å². The lowest BCUT2D eigenvalue weighted by molar-refractivity contribution is -0.274. The zero-order chi connectivity index (χ0) is 23.8. The second-order valence-corrected chi connectivity index (χ2v) is 7.89. The minimum Gasteiger partial charge on any atom is -0.406 e. The summed E-state index contributed by atoms with van der Waals surface area (Å²) in [7, 11) is 0. The first-order valence-corrected chi connectivity index (χ1v) is 10.4. The van der Waals surface area contributed by atoms with E-state index in [1.165, 1.54) is 16.7 Å². The van der Waals surface area contributed by atoms with Crippen molar-refractivity contribution in [2.75, 3.05) is 5.32 Å². The van der Waals surface area contributed by atoms with Crippen molar-refractivity contribution in [1.29, 1.82) is 0 Å². The number of ether oxygens (including phenoxy) is 1. The van der Waals surface area contributed by atoms with Gasteiger partial charge in [-0.05, 0) is 69.9 Å². The Morgan fingerprint density at radius 2 is 1.85 bits per heavy atom. The number of halogens is 3. The summed E-state index contributed by atoms with van der Waals surface area (Å²) in [6.07, 6.45) is -1.70. The van der Waals surface area contributed by atoms with Gasteiger partial charge >= 0.3 is 6.36 Å². The lowest BCUT2D eigenvalue weighted by Crippen LogP contribution is -2.35. The molecule has 0 saturated heterocycles. The number of hydrogen-bond donors (Lipinski definition) is 1. The molecule has 3 aromatic rings. The third-order valence-corrected chi connectivity index (χ3v) is 5.29. The molecule has 0 aliphatic heterocycles. The molecule has 0 atom stereocenters. The highest BCUT2D eigenvalue weighted by Crippen LogP contribution is 2.24. The van der Waals surface area contributed by atoms with E-state index in [0.717, 1.165) is 42.1 Å². The van der Waals surface area contributed by atoms with Crippen LogP contribution in [-0.4, -0.2) is 31.6 Å². The molecule has 0 bridgehead atoms. The van der Waals surface area contributed by atoms with Gasteiger partial charge in [-0.1, -0.05) is 0 Å². The molecule has 0 spiro atoms. The highest BCUT2D eigenvalue weighted by atomic mass is 19.4. The fourth-order valence-electron chi connectivity index (χ4n) is 3.90. The van der Waals surface area contributed by atoms with Crippen LogP contribution in [0.5, 0.6) is 5.75 Å². The Labute approximate surface area is 187 Å². The van der Waals surface area contributed by atoms with Crippen molar-refractivity contribution in [1.82, 2.24) is 19.3 Å². The minimum atomic E-state index is -4.80. The molecule has 33 heavy (non-hydrogen) atoms. The molecule has 1 aliphatic carbocycles. The van der Waals surface area contributed by atoms with Crippen LogP contribution in [0.25, 0.3) is 5.95 Å². The number of carbonyl (C=O) groups excluding carboxylic acids is 1. The Morgan fingerprint density at radius 1 is 1.15 bits per heavy atom. The maximum absolute atomic E-state index is 13.3. The van der Waals surface area contributed by atoms with Gasteiger partial charge in [-0.3, -0.25) is 14.2 Å². The summed E-state index contributed by atoms with van der Waals surface area (Å²) in [6, 6.07) is 6.61. The van der Waals surface area contributed by atoms with Crippen molar-refractivity contribution in [3.05, 3.63) is 63.3 Å². The molecule has 1 amide bonds. The van der Waals surface area contributed by atoms with Gasteiger partial charge < -0.3 is 10.1 Å². The molecular formula is C22H22F3N5O3. The van der Waals surface area contributed by atoms with Crippen molar-refractivity contribution < 1.29 is 22.7 Å². The first-order chi connectivity index (χ1) is 15.6. The van der Waals surface area contributed by atoms with Crippen LogP contribution >= 0.6 is 0 Å². The van der Waals surface area contributed by atoms with Crippen LogP contribution in [0.1, 0.15) is 35.5 Å². The van der Waals surface area contributed by atoms with Crippen LogP contribution in [0.4, 0.5) is 18.9 Å². The van der Waals surface area contributed by atoms with Gasteiger partial charge in [-0.2, -0.15) is 5.10 Å². The standard InChI is InChI=1S/C22H22F3N5O3/c1-13-11-14(2)30(28-13)21-27-18-6-4-3-5-17(18)20(32)29(21)12-19(31)26-15-7-9-16(10-8-15)33-22(23,24)25/h7-11H,3-6,12H2,1-2H3,(H,26,31). The normalized spacial score (nSPS) is 13.5. The van der Waals surface area contributed by atoms with E-state index in [4.69, 9.17) is 0 Å².